The summed E-state index contributed by atoms with van der Waals surface area (Å²) < 4.78 is 85.1. The zero-order valence-electron chi connectivity index (χ0n) is 22.7. The molecule has 0 bridgehead atoms. The van der Waals surface area contributed by atoms with Crippen molar-refractivity contribution in [2.75, 3.05) is 14.2 Å². The van der Waals surface area contributed by atoms with Crippen LogP contribution in [0.5, 0.6) is 0 Å². The molecule has 1 rings (SSSR count). The predicted molar refractivity (Wildman–Crippen MR) is 132 cm³/mol. The van der Waals surface area contributed by atoms with Gasteiger partial charge in [-0.2, -0.15) is 0 Å². The van der Waals surface area contributed by atoms with Gasteiger partial charge in [0.05, 0.1) is 6.10 Å². The Hall–Kier alpha value is -1.25. The first-order chi connectivity index (χ1) is 17.1. The van der Waals surface area contributed by atoms with Crippen molar-refractivity contribution in [3.8, 4) is 0 Å². The smallest absolute Gasteiger partial charge is 0.285 e. The number of benzene rings is 1. The molecule has 0 spiro atoms. The van der Waals surface area contributed by atoms with Gasteiger partial charge in [0.2, 0.25) is 5.82 Å². The number of unbranched alkanes of at least 4 members (excludes halogenated alkanes) is 9. The van der Waals surface area contributed by atoms with Crippen molar-refractivity contribution in [1.29, 1.82) is 0 Å². The molecular weight excluding hydrogens is 479 g/mol. The van der Waals surface area contributed by atoms with Gasteiger partial charge in [-0.1, -0.05) is 71.1 Å². The second kappa shape index (κ2) is 17.3. The highest BCUT2D eigenvalue weighted by atomic mass is 19.2. The highest BCUT2D eigenvalue weighted by Crippen LogP contribution is 2.34. The number of halogens is 5. The van der Waals surface area contributed by atoms with Gasteiger partial charge in [0, 0.05) is 25.7 Å². The van der Waals surface area contributed by atoms with Crippen molar-refractivity contribution in [2.24, 2.45) is 5.92 Å². The summed E-state index contributed by atoms with van der Waals surface area (Å²) in [5.41, 5.74) is -0.735. The van der Waals surface area contributed by atoms with E-state index in [0.29, 0.717) is 12.8 Å². The number of ether oxygens (including phenoxy) is 3. The van der Waals surface area contributed by atoms with Gasteiger partial charge in [-0.3, -0.25) is 0 Å². The molecule has 3 nitrogen and oxygen atoms in total. The zero-order valence-corrected chi connectivity index (χ0v) is 22.7. The molecule has 0 amide bonds. The summed E-state index contributed by atoms with van der Waals surface area (Å²) in [6, 6.07) is 0. The minimum atomic E-state index is -2.12. The lowest BCUT2D eigenvalue weighted by molar-refractivity contribution is -0.399. The Kier molecular flexibility index (Phi) is 15.7. The summed E-state index contributed by atoms with van der Waals surface area (Å²) in [5, 5.41) is 0. The Balaban J connectivity index is 2.58. The summed E-state index contributed by atoms with van der Waals surface area (Å²) in [6.45, 7) is 6.09. The molecule has 0 saturated heterocycles. The van der Waals surface area contributed by atoms with E-state index in [1.54, 1.807) is 14.2 Å². The van der Waals surface area contributed by atoms with Crippen LogP contribution in [0.1, 0.15) is 110 Å². The van der Waals surface area contributed by atoms with Crippen molar-refractivity contribution in [3.63, 3.8) is 0 Å². The van der Waals surface area contributed by atoms with Gasteiger partial charge >= 0.3 is 0 Å². The van der Waals surface area contributed by atoms with Crippen molar-refractivity contribution in [1.82, 2.24) is 0 Å². The zero-order chi connectivity index (χ0) is 27.1. The molecule has 0 aliphatic rings. The molecule has 0 aliphatic heterocycles. The average Bonchev–Trinajstić information content (AvgIpc) is 2.86. The molecule has 0 aromatic heterocycles. The Morgan fingerprint density at radius 1 is 0.611 bits per heavy atom. The van der Waals surface area contributed by atoms with Gasteiger partial charge in [0.25, 0.3) is 5.97 Å². The van der Waals surface area contributed by atoms with Crippen LogP contribution in [-0.4, -0.2) is 26.3 Å². The third-order valence-electron chi connectivity index (χ3n) is 6.66. The summed E-state index contributed by atoms with van der Waals surface area (Å²) >= 11 is 0. The molecule has 36 heavy (non-hydrogen) atoms. The molecule has 0 fully saturated rings. The number of methoxy groups -OCH3 is 2. The molecule has 0 saturated carbocycles. The average molecular weight is 525 g/mol. The first kappa shape index (κ1) is 32.8. The second-order valence-electron chi connectivity index (χ2n) is 9.79. The third-order valence-corrected chi connectivity index (χ3v) is 6.66. The van der Waals surface area contributed by atoms with Crippen LogP contribution in [0.25, 0.3) is 0 Å². The summed E-state index contributed by atoms with van der Waals surface area (Å²) in [4.78, 5) is 0. The maximum absolute atomic E-state index is 13.8. The Morgan fingerprint density at radius 3 is 1.47 bits per heavy atom. The van der Waals surface area contributed by atoms with E-state index in [2.05, 4.69) is 6.92 Å². The fourth-order valence-electron chi connectivity index (χ4n) is 4.70. The molecule has 1 unspecified atom stereocenters. The van der Waals surface area contributed by atoms with Crippen molar-refractivity contribution < 1.29 is 36.2 Å². The lowest BCUT2D eigenvalue weighted by Gasteiger charge is -2.39. The molecule has 1 aromatic carbocycles. The minimum absolute atomic E-state index is 0.0504. The number of rotatable bonds is 20. The van der Waals surface area contributed by atoms with Crippen molar-refractivity contribution in [2.45, 2.75) is 123 Å². The van der Waals surface area contributed by atoms with Crippen LogP contribution in [0.3, 0.4) is 0 Å². The van der Waals surface area contributed by atoms with Crippen LogP contribution < -0.4 is 0 Å². The maximum atomic E-state index is 13.8. The van der Waals surface area contributed by atoms with Crippen LogP contribution in [0, 0.1) is 35.0 Å². The standard InChI is InChI=1S/C28H45F5O3/c1-6-7-8-9-11-14-17-21(28(34-4,35-5)36-20(2)3)18-15-12-10-13-16-19-22-23(29)25(31)27(33)26(32)24(22)30/h20-21H,6-19H2,1-5H3. The van der Waals surface area contributed by atoms with Crippen LogP contribution in [-0.2, 0) is 20.6 Å². The first-order valence-corrected chi connectivity index (χ1v) is 13.4. The Labute approximate surface area is 214 Å². The molecule has 0 heterocycles. The minimum Gasteiger partial charge on any atom is -0.331 e. The summed E-state index contributed by atoms with van der Waals surface area (Å²) in [6.07, 6.45) is 12.1. The van der Waals surface area contributed by atoms with Crippen LogP contribution >= 0.6 is 0 Å². The SMILES string of the molecule is CCCCCCCCC(CCCCCCCc1c(F)c(F)c(F)c(F)c1F)C(OC)(OC)OC(C)C. The van der Waals surface area contributed by atoms with E-state index >= 15 is 0 Å². The van der Waals surface area contributed by atoms with Crippen molar-refractivity contribution in [3.05, 3.63) is 34.6 Å². The predicted octanol–water partition coefficient (Wildman–Crippen LogP) is 9.00. The van der Waals surface area contributed by atoms with Crippen molar-refractivity contribution >= 4 is 0 Å². The summed E-state index contributed by atoms with van der Waals surface area (Å²) in [5.74, 6) is -10.4. The lowest BCUT2D eigenvalue weighted by atomic mass is 9.91. The fourth-order valence-corrected chi connectivity index (χ4v) is 4.70. The quantitative estimate of drug-likeness (QED) is 0.0560. The number of hydrogen-bond acceptors (Lipinski definition) is 3. The first-order valence-electron chi connectivity index (χ1n) is 13.4. The van der Waals surface area contributed by atoms with E-state index in [9.17, 15) is 22.0 Å². The third kappa shape index (κ3) is 9.90. The molecule has 1 aromatic rings. The van der Waals surface area contributed by atoms with E-state index in [0.717, 1.165) is 44.9 Å². The van der Waals surface area contributed by atoms with Gasteiger partial charge < -0.3 is 14.2 Å². The van der Waals surface area contributed by atoms with E-state index in [4.69, 9.17) is 14.2 Å². The number of hydrogen-bond donors (Lipinski definition) is 0. The van der Waals surface area contributed by atoms with E-state index < -0.39 is 40.6 Å². The van der Waals surface area contributed by atoms with Gasteiger partial charge in [-0.05, 0) is 39.5 Å². The molecule has 1 atom stereocenters. The molecule has 210 valence electrons. The Morgan fingerprint density at radius 2 is 1.03 bits per heavy atom. The van der Waals surface area contributed by atoms with Gasteiger partial charge in [0.15, 0.2) is 23.3 Å². The highest BCUT2D eigenvalue weighted by Gasteiger charge is 2.41. The molecule has 0 radical (unpaired) electrons. The summed E-state index contributed by atoms with van der Waals surface area (Å²) in [7, 11) is 3.19. The topological polar surface area (TPSA) is 27.7 Å². The molecule has 8 heteroatoms. The van der Waals surface area contributed by atoms with Gasteiger partial charge in [-0.25, -0.2) is 22.0 Å². The fraction of sp³-hybridized carbons (Fsp3) is 0.786. The maximum Gasteiger partial charge on any atom is 0.285 e. The largest absolute Gasteiger partial charge is 0.331 e. The van der Waals surface area contributed by atoms with Crippen LogP contribution in [0.2, 0.25) is 0 Å². The molecular formula is C28H45F5O3. The molecule has 0 N–H and O–H groups in total. The van der Waals surface area contributed by atoms with Gasteiger partial charge in [0.1, 0.15) is 0 Å². The molecule has 0 aliphatic carbocycles. The second-order valence-corrected chi connectivity index (χ2v) is 9.79. The van der Waals surface area contributed by atoms with E-state index in [1.165, 1.54) is 25.7 Å². The van der Waals surface area contributed by atoms with Gasteiger partial charge in [-0.15, -0.1) is 0 Å². The van der Waals surface area contributed by atoms with E-state index in [1.807, 2.05) is 13.8 Å². The van der Waals surface area contributed by atoms with Crippen LogP contribution in [0.15, 0.2) is 0 Å². The Bertz CT molecular complexity index is 724. The lowest BCUT2D eigenvalue weighted by Crippen LogP contribution is -2.46. The normalized spacial score (nSPS) is 13.1. The monoisotopic (exact) mass is 524 g/mol. The van der Waals surface area contributed by atoms with E-state index in [-0.39, 0.29) is 18.4 Å². The highest BCUT2D eigenvalue weighted by molar-refractivity contribution is 5.24. The van der Waals surface area contributed by atoms with Crippen LogP contribution in [0.4, 0.5) is 22.0 Å².